The number of halogens is 1. The normalized spacial score (nSPS) is 35.9. The SMILES string of the molecule is O=C(COC(=O)CC12CC3CC(CC(Br)(C3)C1)C2)NCC1(c2ccccc2)CC1. The van der Waals surface area contributed by atoms with Gasteiger partial charge in [-0.1, -0.05) is 46.3 Å². The van der Waals surface area contributed by atoms with E-state index < -0.39 is 0 Å². The Morgan fingerprint density at radius 1 is 1.07 bits per heavy atom. The maximum absolute atomic E-state index is 12.6. The summed E-state index contributed by atoms with van der Waals surface area (Å²) in [5.74, 6) is 1.10. The number of nitrogens with one attached hydrogen (secondary N) is 1. The predicted octanol–water partition coefficient (Wildman–Crippen LogP) is 4.50. The maximum atomic E-state index is 12.6. The van der Waals surface area contributed by atoms with Gasteiger partial charge in [-0.3, -0.25) is 9.59 Å². The van der Waals surface area contributed by atoms with Gasteiger partial charge in [0.1, 0.15) is 0 Å². The molecule has 0 heterocycles. The summed E-state index contributed by atoms with van der Waals surface area (Å²) in [6, 6.07) is 10.3. The van der Waals surface area contributed by atoms with E-state index >= 15 is 0 Å². The number of esters is 1. The molecule has 5 aliphatic rings. The van der Waals surface area contributed by atoms with Crippen LogP contribution in [0.2, 0.25) is 0 Å². The molecule has 5 heteroatoms. The van der Waals surface area contributed by atoms with E-state index in [-0.39, 0.29) is 33.6 Å². The highest BCUT2D eigenvalue weighted by atomic mass is 79.9. The predicted molar refractivity (Wildman–Crippen MR) is 115 cm³/mol. The van der Waals surface area contributed by atoms with Gasteiger partial charge < -0.3 is 10.1 Å². The minimum absolute atomic E-state index is 0.0737. The van der Waals surface area contributed by atoms with Crippen molar-refractivity contribution in [2.75, 3.05) is 13.2 Å². The lowest BCUT2D eigenvalue weighted by molar-refractivity contribution is -0.154. The first-order chi connectivity index (χ1) is 13.9. The molecular weight excluding hydrogens is 430 g/mol. The van der Waals surface area contributed by atoms with Crippen LogP contribution in [0, 0.1) is 17.3 Å². The largest absolute Gasteiger partial charge is 0.456 e. The fourth-order valence-corrected chi connectivity index (χ4v) is 8.39. The molecule has 6 rings (SSSR count). The summed E-state index contributed by atoms with van der Waals surface area (Å²) in [6.45, 7) is 0.457. The van der Waals surface area contributed by atoms with Gasteiger partial charge in [-0.2, -0.15) is 0 Å². The maximum Gasteiger partial charge on any atom is 0.306 e. The Bertz CT molecular complexity index is 790. The zero-order valence-corrected chi connectivity index (χ0v) is 18.5. The molecule has 1 aromatic rings. The van der Waals surface area contributed by atoms with Crippen LogP contribution in [0.1, 0.15) is 63.4 Å². The lowest BCUT2D eigenvalue weighted by Gasteiger charge is -2.60. The number of hydrogen-bond donors (Lipinski definition) is 1. The van der Waals surface area contributed by atoms with Crippen molar-refractivity contribution in [3.63, 3.8) is 0 Å². The Morgan fingerprint density at radius 2 is 1.76 bits per heavy atom. The molecule has 0 spiro atoms. The minimum Gasteiger partial charge on any atom is -0.456 e. The van der Waals surface area contributed by atoms with E-state index in [4.69, 9.17) is 4.74 Å². The van der Waals surface area contributed by atoms with Crippen molar-refractivity contribution in [1.29, 1.82) is 0 Å². The van der Waals surface area contributed by atoms with E-state index in [0.29, 0.717) is 13.0 Å². The molecule has 5 fully saturated rings. The topological polar surface area (TPSA) is 55.4 Å². The Morgan fingerprint density at radius 3 is 2.38 bits per heavy atom. The summed E-state index contributed by atoms with van der Waals surface area (Å²) in [6.07, 6.45) is 9.87. The first-order valence-corrected chi connectivity index (χ1v) is 11.8. The molecule has 5 saturated carbocycles. The first kappa shape index (κ1) is 19.6. The lowest BCUT2D eigenvalue weighted by atomic mass is 9.49. The van der Waals surface area contributed by atoms with Gasteiger partial charge in [0.15, 0.2) is 6.61 Å². The first-order valence-electron chi connectivity index (χ1n) is 11.0. The smallest absolute Gasteiger partial charge is 0.306 e. The number of carbonyl (C=O) groups is 2. The van der Waals surface area contributed by atoms with Gasteiger partial charge in [-0.05, 0) is 74.2 Å². The number of benzene rings is 1. The molecule has 0 aromatic heterocycles. The fraction of sp³-hybridized carbons (Fsp3) is 0.667. The molecule has 29 heavy (non-hydrogen) atoms. The zero-order valence-electron chi connectivity index (χ0n) is 16.9. The van der Waals surface area contributed by atoms with Crippen molar-refractivity contribution in [1.82, 2.24) is 5.32 Å². The lowest BCUT2D eigenvalue weighted by Crippen LogP contribution is -2.53. The highest BCUT2D eigenvalue weighted by Gasteiger charge is 2.57. The van der Waals surface area contributed by atoms with Gasteiger partial charge in [0.05, 0.1) is 6.42 Å². The molecule has 2 unspecified atom stereocenters. The van der Waals surface area contributed by atoms with Crippen LogP contribution < -0.4 is 5.32 Å². The van der Waals surface area contributed by atoms with Crippen LogP contribution in [-0.4, -0.2) is 29.4 Å². The molecule has 1 N–H and O–H groups in total. The molecule has 5 aliphatic carbocycles. The molecule has 1 amide bonds. The summed E-state index contributed by atoms with van der Waals surface area (Å²) >= 11 is 3.99. The third kappa shape index (κ3) is 3.99. The van der Waals surface area contributed by atoms with E-state index in [2.05, 4.69) is 33.4 Å². The molecule has 4 nitrogen and oxygen atoms in total. The number of carbonyl (C=O) groups excluding carboxylic acids is 2. The van der Waals surface area contributed by atoms with E-state index in [1.165, 1.54) is 24.8 Å². The van der Waals surface area contributed by atoms with Gasteiger partial charge in [0.25, 0.3) is 5.91 Å². The molecule has 4 bridgehead atoms. The van der Waals surface area contributed by atoms with Crippen LogP contribution in [0.4, 0.5) is 0 Å². The van der Waals surface area contributed by atoms with Crippen LogP contribution in [-0.2, 0) is 19.7 Å². The standard InChI is InChI=1S/C24H30BrNO3/c25-24-11-17-8-18(12-24)10-22(9-17,15-24)13-21(28)29-14-20(27)26-16-23(6-7-23)19-4-2-1-3-5-19/h1-5,17-18H,6-16H2,(H,26,27). The van der Waals surface area contributed by atoms with Gasteiger partial charge in [-0.25, -0.2) is 0 Å². The van der Waals surface area contributed by atoms with E-state index in [1.54, 1.807) is 0 Å². The number of alkyl halides is 1. The van der Waals surface area contributed by atoms with Crippen molar-refractivity contribution >= 4 is 27.8 Å². The van der Waals surface area contributed by atoms with E-state index in [1.807, 2.05) is 18.2 Å². The van der Waals surface area contributed by atoms with Crippen LogP contribution in [0.15, 0.2) is 30.3 Å². The van der Waals surface area contributed by atoms with Gasteiger partial charge >= 0.3 is 5.97 Å². The average Bonchev–Trinajstić information content (AvgIpc) is 3.44. The number of amides is 1. The summed E-state index contributed by atoms with van der Waals surface area (Å²) < 4.78 is 5.64. The highest BCUT2D eigenvalue weighted by molar-refractivity contribution is 9.10. The summed E-state index contributed by atoms with van der Waals surface area (Å²) in [5.41, 5.74) is 1.44. The molecule has 1 aromatic carbocycles. The fourth-order valence-electron chi connectivity index (χ4n) is 6.87. The Kier molecular flexibility index (Phi) is 4.80. The number of rotatable bonds is 7. The third-order valence-corrected chi connectivity index (χ3v) is 8.79. The van der Waals surface area contributed by atoms with Crippen molar-refractivity contribution in [3.05, 3.63) is 35.9 Å². The molecule has 156 valence electrons. The third-order valence-electron chi connectivity index (χ3n) is 7.86. The van der Waals surface area contributed by atoms with Gasteiger partial charge in [0, 0.05) is 16.3 Å². The summed E-state index contributed by atoms with van der Waals surface area (Å²) in [7, 11) is 0. The number of ether oxygens (including phenoxy) is 1. The monoisotopic (exact) mass is 459 g/mol. The zero-order chi connectivity index (χ0) is 20.1. The van der Waals surface area contributed by atoms with Crippen LogP contribution >= 0.6 is 15.9 Å². The van der Waals surface area contributed by atoms with Crippen molar-refractivity contribution in [2.24, 2.45) is 17.3 Å². The van der Waals surface area contributed by atoms with E-state index in [0.717, 1.165) is 43.9 Å². The molecule has 2 atom stereocenters. The van der Waals surface area contributed by atoms with Crippen molar-refractivity contribution in [2.45, 2.75) is 67.5 Å². The number of hydrogen-bond acceptors (Lipinski definition) is 3. The Labute approximate surface area is 181 Å². The quantitative estimate of drug-likeness (QED) is 0.482. The van der Waals surface area contributed by atoms with Crippen LogP contribution in [0.25, 0.3) is 0 Å². The van der Waals surface area contributed by atoms with Gasteiger partial charge in [-0.15, -0.1) is 0 Å². The molecule has 0 saturated heterocycles. The Hall–Kier alpha value is -1.36. The average molecular weight is 460 g/mol. The van der Waals surface area contributed by atoms with Crippen molar-refractivity contribution in [3.8, 4) is 0 Å². The molecular formula is C24H30BrNO3. The van der Waals surface area contributed by atoms with E-state index in [9.17, 15) is 9.59 Å². The van der Waals surface area contributed by atoms with Crippen molar-refractivity contribution < 1.29 is 14.3 Å². The molecule has 0 radical (unpaired) electrons. The van der Waals surface area contributed by atoms with Crippen LogP contribution in [0.3, 0.4) is 0 Å². The summed E-state index contributed by atoms with van der Waals surface area (Å²) in [4.78, 5) is 24.8. The Balaban J connectivity index is 1.10. The van der Waals surface area contributed by atoms with Gasteiger partial charge in [0.2, 0.25) is 0 Å². The minimum atomic E-state index is -0.206. The highest BCUT2D eigenvalue weighted by Crippen LogP contribution is 2.65. The second kappa shape index (κ2) is 7.11. The second-order valence-corrected chi connectivity index (χ2v) is 12.1. The van der Waals surface area contributed by atoms with Crippen LogP contribution in [0.5, 0.6) is 0 Å². The summed E-state index contributed by atoms with van der Waals surface area (Å²) in [5, 5.41) is 2.98. The second-order valence-electron chi connectivity index (χ2n) is 10.4. The molecule has 0 aliphatic heterocycles.